The average molecular weight is 467 g/mol. The predicted molar refractivity (Wildman–Crippen MR) is 127 cm³/mol. The Morgan fingerprint density at radius 2 is 1.88 bits per heavy atom. The Hall–Kier alpha value is -2.97. The summed E-state index contributed by atoms with van der Waals surface area (Å²) in [6.45, 7) is 3.51. The van der Waals surface area contributed by atoms with Gasteiger partial charge in [0.1, 0.15) is 0 Å². The van der Waals surface area contributed by atoms with Crippen molar-refractivity contribution in [2.45, 2.75) is 50.2 Å². The fourth-order valence-corrected chi connectivity index (χ4v) is 6.01. The number of carbonyl (C=O) groups is 1. The van der Waals surface area contributed by atoms with Crippen molar-refractivity contribution in [2.24, 2.45) is 0 Å². The second-order valence-electron chi connectivity index (χ2n) is 8.68. The van der Waals surface area contributed by atoms with E-state index in [0.29, 0.717) is 25.2 Å². The Morgan fingerprint density at radius 1 is 1.09 bits per heavy atom. The molecule has 7 nitrogen and oxygen atoms in total. The smallest absolute Gasteiger partial charge is 0.253 e. The molecule has 4 rings (SSSR count). The highest BCUT2D eigenvalue weighted by atomic mass is 32.2. The zero-order valence-corrected chi connectivity index (χ0v) is 19.9. The Bertz CT molecular complexity index is 1210. The van der Waals surface area contributed by atoms with Crippen LogP contribution in [0, 0.1) is 0 Å². The molecule has 0 bridgehead atoms. The van der Waals surface area contributed by atoms with Crippen LogP contribution < -0.4 is 0 Å². The Labute approximate surface area is 195 Å². The molecule has 1 atom stereocenters. The van der Waals surface area contributed by atoms with Crippen LogP contribution in [0.3, 0.4) is 0 Å². The highest BCUT2D eigenvalue weighted by molar-refractivity contribution is 7.89. The standard InChI is InChI=1S/C25H30N4O3S/c1-20-9-6-7-14-29(20)33(31,32)24-13-8-12-23(15-24)25(30)27(2)17-22-16-26-28(19-22)18-21-10-4-3-5-11-21/h3-5,8,10-13,15-16,19-20H,6-7,9,14,17-18H2,1-2H3. The molecule has 0 aliphatic carbocycles. The molecule has 1 saturated heterocycles. The van der Waals surface area contributed by atoms with Crippen LogP contribution in [0.4, 0.5) is 0 Å². The summed E-state index contributed by atoms with van der Waals surface area (Å²) < 4.78 is 29.8. The van der Waals surface area contributed by atoms with Crippen LogP contribution in [0.1, 0.15) is 47.7 Å². The van der Waals surface area contributed by atoms with Gasteiger partial charge in [-0.05, 0) is 43.5 Å². The van der Waals surface area contributed by atoms with Crippen molar-refractivity contribution in [3.05, 3.63) is 83.7 Å². The van der Waals surface area contributed by atoms with E-state index < -0.39 is 10.0 Å². The molecule has 1 aromatic heterocycles. The molecule has 1 amide bonds. The first kappa shape index (κ1) is 23.2. The van der Waals surface area contributed by atoms with E-state index in [9.17, 15) is 13.2 Å². The molecule has 3 aromatic rings. The van der Waals surface area contributed by atoms with E-state index >= 15 is 0 Å². The van der Waals surface area contributed by atoms with Gasteiger partial charge < -0.3 is 4.90 Å². The predicted octanol–water partition coefficient (Wildman–Crippen LogP) is 3.77. The number of piperidine rings is 1. The molecule has 8 heteroatoms. The maximum Gasteiger partial charge on any atom is 0.253 e. The Kier molecular flexibility index (Phi) is 6.95. The average Bonchev–Trinajstić information content (AvgIpc) is 3.26. The summed E-state index contributed by atoms with van der Waals surface area (Å²) in [7, 11) is -1.92. The van der Waals surface area contributed by atoms with Gasteiger partial charge in [0.15, 0.2) is 0 Å². The van der Waals surface area contributed by atoms with E-state index in [0.717, 1.165) is 30.4 Å². The van der Waals surface area contributed by atoms with Crippen LogP contribution in [0.2, 0.25) is 0 Å². The van der Waals surface area contributed by atoms with E-state index in [1.807, 2.05) is 48.1 Å². The molecule has 0 spiro atoms. The van der Waals surface area contributed by atoms with Gasteiger partial charge in [-0.15, -0.1) is 0 Å². The first-order valence-electron chi connectivity index (χ1n) is 11.3. The first-order chi connectivity index (χ1) is 15.8. The van der Waals surface area contributed by atoms with E-state index in [1.54, 1.807) is 40.6 Å². The van der Waals surface area contributed by atoms with Crippen molar-refractivity contribution in [3.8, 4) is 0 Å². The number of hydrogen-bond donors (Lipinski definition) is 0. The van der Waals surface area contributed by atoms with Crippen molar-refractivity contribution in [2.75, 3.05) is 13.6 Å². The van der Waals surface area contributed by atoms with Gasteiger partial charge in [0.05, 0.1) is 17.6 Å². The van der Waals surface area contributed by atoms with Crippen LogP contribution in [0.5, 0.6) is 0 Å². The minimum Gasteiger partial charge on any atom is -0.337 e. The summed E-state index contributed by atoms with van der Waals surface area (Å²) in [4.78, 5) is 14.8. The number of hydrogen-bond acceptors (Lipinski definition) is 4. The number of benzene rings is 2. The maximum atomic E-state index is 13.2. The van der Waals surface area contributed by atoms with Gasteiger partial charge in [-0.25, -0.2) is 8.42 Å². The normalized spacial score (nSPS) is 17.1. The summed E-state index contributed by atoms with van der Waals surface area (Å²) in [5, 5.41) is 4.40. The number of sulfonamides is 1. The largest absolute Gasteiger partial charge is 0.337 e. The van der Waals surface area contributed by atoms with Crippen LogP contribution in [0.15, 0.2) is 71.9 Å². The lowest BCUT2D eigenvalue weighted by atomic mass is 10.1. The quantitative estimate of drug-likeness (QED) is 0.531. The molecule has 1 fully saturated rings. The molecule has 33 heavy (non-hydrogen) atoms. The summed E-state index contributed by atoms with van der Waals surface area (Å²) in [5.41, 5.74) is 2.42. The topological polar surface area (TPSA) is 75.5 Å². The molecule has 1 aliphatic rings. The summed E-state index contributed by atoms with van der Waals surface area (Å²) in [6.07, 6.45) is 6.45. The van der Waals surface area contributed by atoms with Crippen molar-refractivity contribution >= 4 is 15.9 Å². The molecular formula is C25H30N4O3S. The fraction of sp³-hybridized carbons (Fsp3) is 0.360. The molecular weight excluding hydrogens is 436 g/mol. The second-order valence-corrected chi connectivity index (χ2v) is 10.6. The molecule has 0 N–H and O–H groups in total. The molecule has 2 aromatic carbocycles. The van der Waals surface area contributed by atoms with E-state index in [4.69, 9.17) is 0 Å². The van der Waals surface area contributed by atoms with Gasteiger partial charge >= 0.3 is 0 Å². The van der Waals surface area contributed by atoms with Gasteiger partial charge in [-0.2, -0.15) is 9.40 Å². The monoisotopic (exact) mass is 466 g/mol. The number of carbonyl (C=O) groups excluding carboxylic acids is 1. The van der Waals surface area contributed by atoms with Gasteiger partial charge in [-0.1, -0.05) is 42.8 Å². The first-order valence-corrected chi connectivity index (χ1v) is 12.7. The van der Waals surface area contributed by atoms with Crippen LogP contribution in [-0.2, 0) is 23.1 Å². The summed E-state index contributed by atoms with van der Waals surface area (Å²) >= 11 is 0. The van der Waals surface area contributed by atoms with Crippen LogP contribution >= 0.6 is 0 Å². The van der Waals surface area contributed by atoms with Gasteiger partial charge in [0, 0.05) is 43.5 Å². The number of amides is 1. The van der Waals surface area contributed by atoms with Crippen LogP contribution in [-0.4, -0.2) is 52.9 Å². The molecule has 174 valence electrons. The molecule has 2 heterocycles. The highest BCUT2D eigenvalue weighted by Crippen LogP contribution is 2.26. The summed E-state index contributed by atoms with van der Waals surface area (Å²) in [6, 6.07) is 16.4. The van der Waals surface area contributed by atoms with Gasteiger partial charge in [0.25, 0.3) is 5.91 Å². The number of nitrogens with zero attached hydrogens (tertiary/aromatic N) is 4. The fourth-order valence-electron chi connectivity index (χ4n) is 4.26. The van der Waals surface area contributed by atoms with Gasteiger partial charge in [0.2, 0.25) is 10.0 Å². The molecule has 1 unspecified atom stereocenters. The van der Waals surface area contributed by atoms with E-state index in [1.165, 1.54) is 6.07 Å². The maximum absolute atomic E-state index is 13.2. The third-order valence-electron chi connectivity index (χ3n) is 6.07. The second kappa shape index (κ2) is 9.89. The van der Waals surface area contributed by atoms with Gasteiger partial charge in [-0.3, -0.25) is 9.48 Å². The summed E-state index contributed by atoms with van der Waals surface area (Å²) in [5.74, 6) is -0.227. The third-order valence-corrected chi connectivity index (χ3v) is 8.08. The van der Waals surface area contributed by atoms with E-state index in [-0.39, 0.29) is 16.8 Å². The van der Waals surface area contributed by atoms with Crippen molar-refractivity contribution < 1.29 is 13.2 Å². The minimum atomic E-state index is -3.63. The Balaban J connectivity index is 1.45. The zero-order valence-electron chi connectivity index (χ0n) is 19.1. The zero-order chi connectivity index (χ0) is 23.4. The molecule has 0 radical (unpaired) electrons. The lowest BCUT2D eigenvalue weighted by Crippen LogP contribution is -2.42. The lowest BCUT2D eigenvalue weighted by molar-refractivity contribution is 0.0785. The van der Waals surface area contributed by atoms with Crippen LogP contribution in [0.25, 0.3) is 0 Å². The van der Waals surface area contributed by atoms with Crippen molar-refractivity contribution in [3.63, 3.8) is 0 Å². The Morgan fingerprint density at radius 3 is 2.64 bits per heavy atom. The molecule has 0 saturated carbocycles. The van der Waals surface area contributed by atoms with Crippen molar-refractivity contribution in [1.82, 2.24) is 19.0 Å². The third kappa shape index (κ3) is 5.34. The lowest BCUT2D eigenvalue weighted by Gasteiger charge is -2.32. The highest BCUT2D eigenvalue weighted by Gasteiger charge is 2.31. The molecule has 1 aliphatic heterocycles. The van der Waals surface area contributed by atoms with E-state index in [2.05, 4.69) is 5.10 Å². The minimum absolute atomic E-state index is 0.0294. The SMILES string of the molecule is CC1CCCCN1S(=O)(=O)c1cccc(C(=O)N(C)Cc2cnn(Cc3ccccc3)c2)c1. The van der Waals surface area contributed by atoms with Crippen molar-refractivity contribution in [1.29, 1.82) is 0 Å². The number of rotatable bonds is 7. The number of aromatic nitrogens is 2.